The van der Waals surface area contributed by atoms with Gasteiger partial charge >= 0.3 is 5.97 Å². The average Bonchev–Trinajstić information content (AvgIpc) is 2.91. The number of aliphatic carboxylic acids is 1. The van der Waals surface area contributed by atoms with Crippen LogP contribution in [0.1, 0.15) is 108 Å². The van der Waals surface area contributed by atoms with Gasteiger partial charge < -0.3 is 41.9 Å². The van der Waals surface area contributed by atoms with E-state index in [0.717, 1.165) is 0 Å². The van der Waals surface area contributed by atoms with Crippen molar-refractivity contribution < 1.29 is 44.1 Å². The van der Waals surface area contributed by atoms with Crippen molar-refractivity contribution in [3.63, 3.8) is 0 Å². The van der Waals surface area contributed by atoms with E-state index in [1.54, 1.807) is 27.7 Å². The van der Waals surface area contributed by atoms with Crippen molar-refractivity contribution in [2.45, 2.75) is 151 Å². The van der Waals surface area contributed by atoms with Gasteiger partial charge in [-0.05, 0) is 49.4 Å². The van der Waals surface area contributed by atoms with Crippen molar-refractivity contribution in [1.29, 1.82) is 0 Å². The van der Waals surface area contributed by atoms with E-state index < -0.39 is 84.9 Å². The summed E-state index contributed by atoms with van der Waals surface area (Å²) < 4.78 is 0. The van der Waals surface area contributed by atoms with Gasteiger partial charge in [0.1, 0.15) is 18.1 Å². The summed E-state index contributed by atoms with van der Waals surface area (Å²) in [6.45, 7) is 19.8. The van der Waals surface area contributed by atoms with Gasteiger partial charge in [-0.1, -0.05) is 69.2 Å². The van der Waals surface area contributed by atoms with Crippen LogP contribution in [0.15, 0.2) is 0 Å². The van der Waals surface area contributed by atoms with Crippen LogP contribution in [-0.4, -0.2) is 93.2 Å². The maximum atomic E-state index is 13.5. The summed E-state index contributed by atoms with van der Waals surface area (Å²) in [5, 5.41) is 43.9. The molecule has 0 saturated carbocycles. The Morgan fingerprint density at radius 1 is 0.479 bits per heavy atom. The van der Waals surface area contributed by atoms with Crippen LogP contribution in [0.4, 0.5) is 0 Å². The number of aliphatic hydroxyl groups is 2. The third-order valence-electron chi connectivity index (χ3n) is 7.69. The summed E-state index contributed by atoms with van der Waals surface area (Å²) in [5.41, 5.74) is 0. The predicted molar refractivity (Wildman–Crippen MR) is 182 cm³/mol. The van der Waals surface area contributed by atoms with Crippen LogP contribution in [0, 0.1) is 29.6 Å². The van der Waals surface area contributed by atoms with Crippen molar-refractivity contribution in [1.82, 2.24) is 26.6 Å². The number of carbonyl (C=O) groups is 6. The first-order chi connectivity index (χ1) is 22.0. The highest BCUT2D eigenvalue weighted by atomic mass is 16.4. The molecule has 0 unspecified atom stereocenters. The van der Waals surface area contributed by atoms with Gasteiger partial charge in [0.05, 0.1) is 37.1 Å². The second-order valence-electron chi connectivity index (χ2n) is 14.8. The third-order valence-corrected chi connectivity index (χ3v) is 7.69. The number of amides is 5. The van der Waals surface area contributed by atoms with E-state index in [-0.39, 0.29) is 41.9 Å². The highest BCUT2D eigenvalue weighted by Gasteiger charge is 2.34. The molecular weight excluding hydrogens is 622 g/mol. The Morgan fingerprint density at radius 3 is 1.29 bits per heavy atom. The summed E-state index contributed by atoms with van der Waals surface area (Å²) in [5.74, 6) is -4.25. The Kier molecular flexibility index (Phi) is 20.2. The SMILES string of the molecule is CC(C)CC(=O)N[C@H](C(=O)N[C@H](C(=O)N[C@H](CC(C)C)[C@H](O)CC(=O)N[C@H](C)C(=O)N[C@H](CC(C)C)[C@H](O)CC(=O)O)C(C)C)C(C)C. The molecule has 8 N–H and O–H groups in total. The molecule has 278 valence electrons. The molecule has 0 fully saturated rings. The number of carbonyl (C=O) groups excluding carboxylic acids is 5. The van der Waals surface area contributed by atoms with Crippen molar-refractivity contribution >= 4 is 35.5 Å². The van der Waals surface area contributed by atoms with Crippen molar-refractivity contribution in [2.24, 2.45) is 29.6 Å². The zero-order valence-electron chi connectivity index (χ0n) is 30.8. The quantitative estimate of drug-likeness (QED) is 0.0825. The van der Waals surface area contributed by atoms with E-state index in [1.807, 2.05) is 41.5 Å². The minimum absolute atomic E-state index is 0.0152. The van der Waals surface area contributed by atoms with Gasteiger partial charge in [0.2, 0.25) is 29.5 Å². The fourth-order valence-electron chi connectivity index (χ4n) is 5.16. The molecule has 0 saturated heterocycles. The van der Waals surface area contributed by atoms with E-state index in [1.165, 1.54) is 6.92 Å². The Hall–Kier alpha value is -3.26. The molecule has 14 heteroatoms. The van der Waals surface area contributed by atoms with Gasteiger partial charge in [0, 0.05) is 6.42 Å². The van der Waals surface area contributed by atoms with E-state index in [0.29, 0.717) is 12.8 Å². The molecule has 0 aliphatic heterocycles. The number of hydrogen-bond acceptors (Lipinski definition) is 8. The van der Waals surface area contributed by atoms with Crippen LogP contribution >= 0.6 is 0 Å². The normalized spacial score (nSPS) is 16.1. The number of aliphatic hydroxyl groups excluding tert-OH is 2. The van der Waals surface area contributed by atoms with Crippen LogP contribution in [-0.2, 0) is 28.8 Å². The lowest BCUT2D eigenvalue weighted by atomic mass is 9.95. The zero-order chi connectivity index (χ0) is 37.5. The fourth-order valence-corrected chi connectivity index (χ4v) is 5.16. The Labute approximate surface area is 286 Å². The second kappa shape index (κ2) is 21.7. The number of nitrogens with one attached hydrogen (secondary N) is 5. The molecule has 5 amide bonds. The molecule has 0 aliphatic rings. The summed E-state index contributed by atoms with van der Waals surface area (Å²) in [4.78, 5) is 75.9. The van der Waals surface area contributed by atoms with Crippen molar-refractivity contribution in [2.75, 3.05) is 0 Å². The molecule has 0 aromatic heterocycles. The van der Waals surface area contributed by atoms with Crippen LogP contribution in [0.3, 0.4) is 0 Å². The smallest absolute Gasteiger partial charge is 0.306 e. The highest BCUT2D eigenvalue weighted by Crippen LogP contribution is 2.15. The predicted octanol–water partition coefficient (Wildman–Crippen LogP) is 1.47. The van der Waals surface area contributed by atoms with Gasteiger partial charge in [0.15, 0.2) is 0 Å². The lowest BCUT2D eigenvalue weighted by Crippen LogP contribution is -2.59. The lowest BCUT2D eigenvalue weighted by Gasteiger charge is -2.31. The van der Waals surface area contributed by atoms with E-state index >= 15 is 0 Å². The van der Waals surface area contributed by atoms with E-state index in [4.69, 9.17) is 5.11 Å². The van der Waals surface area contributed by atoms with Crippen LogP contribution < -0.4 is 26.6 Å². The summed E-state index contributed by atoms with van der Waals surface area (Å²) in [6.07, 6.45) is -2.76. The average molecular weight is 686 g/mol. The lowest BCUT2D eigenvalue weighted by molar-refractivity contribution is -0.140. The molecule has 0 aliphatic carbocycles. The first kappa shape index (κ1) is 44.7. The summed E-state index contributed by atoms with van der Waals surface area (Å²) >= 11 is 0. The monoisotopic (exact) mass is 685 g/mol. The molecule has 0 radical (unpaired) electrons. The molecule has 14 nitrogen and oxygen atoms in total. The molecule has 0 heterocycles. The molecule has 7 atom stereocenters. The maximum Gasteiger partial charge on any atom is 0.306 e. The van der Waals surface area contributed by atoms with E-state index in [9.17, 15) is 39.0 Å². The van der Waals surface area contributed by atoms with Crippen LogP contribution in [0.2, 0.25) is 0 Å². The van der Waals surface area contributed by atoms with Gasteiger partial charge in [-0.3, -0.25) is 28.8 Å². The standard InChI is InChI=1S/C34H63N5O9/c1-17(2)12-23(37-33(47)31(21(9)10)39-34(48)30(20(7)8)38-27(42)14-19(5)6)25(40)15-28(43)35-22(11)32(46)36-24(13-18(3)4)26(41)16-29(44)45/h17-26,30-31,40-41H,12-16H2,1-11H3,(H,35,43)(H,36,46)(H,37,47)(H,38,42)(H,39,48)(H,44,45)/t22-,23-,24-,25-,26-,30+,31+/m1/s1. The molecule has 0 bridgehead atoms. The molecule has 0 aromatic rings. The van der Waals surface area contributed by atoms with Gasteiger partial charge in [0.25, 0.3) is 0 Å². The first-order valence-corrected chi connectivity index (χ1v) is 17.1. The second-order valence-corrected chi connectivity index (χ2v) is 14.8. The Bertz CT molecular complexity index is 1060. The Morgan fingerprint density at radius 2 is 0.875 bits per heavy atom. The largest absolute Gasteiger partial charge is 0.481 e. The topological polar surface area (TPSA) is 223 Å². The number of carboxylic acids is 1. The third kappa shape index (κ3) is 17.8. The van der Waals surface area contributed by atoms with Crippen molar-refractivity contribution in [3.05, 3.63) is 0 Å². The highest BCUT2D eigenvalue weighted by molar-refractivity contribution is 5.92. The minimum atomic E-state index is -1.33. The number of rotatable bonds is 22. The number of carboxylic acid groups (broad SMARTS) is 1. The van der Waals surface area contributed by atoms with Gasteiger partial charge in [-0.2, -0.15) is 0 Å². The van der Waals surface area contributed by atoms with Crippen LogP contribution in [0.5, 0.6) is 0 Å². The van der Waals surface area contributed by atoms with Gasteiger partial charge in [-0.15, -0.1) is 0 Å². The fraction of sp³-hybridized carbons (Fsp3) is 0.824. The summed E-state index contributed by atoms with van der Waals surface area (Å²) in [7, 11) is 0. The van der Waals surface area contributed by atoms with Crippen molar-refractivity contribution in [3.8, 4) is 0 Å². The number of hydrogen-bond donors (Lipinski definition) is 8. The molecular formula is C34H63N5O9. The molecule has 0 rings (SSSR count). The first-order valence-electron chi connectivity index (χ1n) is 17.1. The summed E-state index contributed by atoms with van der Waals surface area (Å²) in [6, 6.07) is -4.61. The molecule has 0 aromatic carbocycles. The van der Waals surface area contributed by atoms with Gasteiger partial charge in [-0.25, -0.2) is 0 Å². The Balaban J connectivity index is 5.60. The molecule has 48 heavy (non-hydrogen) atoms. The maximum absolute atomic E-state index is 13.5. The minimum Gasteiger partial charge on any atom is -0.481 e. The zero-order valence-corrected chi connectivity index (χ0v) is 30.8. The van der Waals surface area contributed by atoms with Crippen LogP contribution in [0.25, 0.3) is 0 Å². The van der Waals surface area contributed by atoms with E-state index in [2.05, 4.69) is 26.6 Å². The molecule has 0 spiro atoms.